The molecule has 0 saturated heterocycles. The van der Waals surface area contributed by atoms with Crippen LogP contribution in [0.5, 0.6) is 0 Å². The molecule has 1 rings (SSSR count). The Hall–Kier alpha value is -1.82. The van der Waals surface area contributed by atoms with Gasteiger partial charge in [0, 0.05) is 18.5 Å². The minimum Gasteiger partial charge on any atom is -0.351 e. The molecule has 3 heteroatoms. The van der Waals surface area contributed by atoms with Crippen molar-refractivity contribution in [2.45, 2.75) is 20.3 Å². The van der Waals surface area contributed by atoms with Crippen LogP contribution in [-0.4, -0.2) is 12.5 Å². The van der Waals surface area contributed by atoms with Crippen LogP contribution in [0.4, 0.5) is 4.39 Å². The van der Waals surface area contributed by atoms with Crippen molar-refractivity contribution in [2.75, 3.05) is 6.54 Å². The number of hydrogen-bond acceptors (Lipinski definition) is 1. The number of carbonyl (C=O) groups is 1. The number of rotatable bonds is 3. The minimum absolute atomic E-state index is 0.263. The molecule has 1 aromatic carbocycles. The number of benzene rings is 1. The zero-order chi connectivity index (χ0) is 12.0. The predicted octanol–water partition coefficient (Wildman–Crippen LogP) is 2.28. The Kier molecular flexibility index (Phi) is 4.53. The predicted molar refractivity (Wildman–Crippen MR) is 61.5 cm³/mol. The van der Waals surface area contributed by atoms with E-state index in [2.05, 4.69) is 17.2 Å². The third-order valence-corrected chi connectivity index (χ3v) is 2.02. The van der Waals surface area contributed by atoms with Crippen molar-refractivity contribution in [1.29, 1.82) is 0 Å². The molecular weight excluding hydrogens is 205 g/mol. The van der Waals surface area contributed by atoms with Crippen LogP contribution in [0.1, 0.15) is 29.3 Å². The van der Waals surface area contributed by atoms with E-state index in [4.69, 9.17) is 0 Å². The second kappa shape index (κ2) is 5.92. The maximum Gasteiger partial charge on any atom is 0.251 e. The first-order valence-corrected chi connectivity index (χ1v) is 5.08. The fourth-order valence-corrected chi connectivity index (χ4v) is 1.33. The Morgan fingerprint density at radius 1 is 1.44 bits per heavy atom. The highest BCUT2D eigenvalue weighted by molar-refractivity contribution is 5.94. The smallest absolute Gasteiger partial charge is 0.251 e. The maximum atomic E-state index is 13.0. The molecule has 0 heterocycles. The van der Waals surface area contributed by atoms with Gasteiger partial charge in [-0.3, -0.25) is 4.79 Å². The van der Waals surface area contributed by atoms with Crippen LogP contribution < -0.4 is 5.32 Å². The van der Waals surface area contributed by atoms with Crippen LogP contribution in [0.25, 0.3) is 0 Å². The van der Waals surface area contributed by atoms with Crippen LogP contribution in [0, 0.1) is 24.6 Å². The van der Waals surface area contributed by atoms with Crippen LogP contribution in [0.2, 0.25) is 0 Å². The molecule has 1 N–H and O–H groups in total. The van der Waals surface area contributed by atoms with E-state index in [1.54, 1.807) is 19.9 Å². The van der Waals surface area contributed by atoms with E-state index in [-0.39, 0.29) is 5.91 Å². The summed E-state index contributed by atoms with van der Waals surface area (Å²) in [5.41, 5.74) is 1.08. The number of nitrogens with one attached hydrogen (secondary N) is 1. The topological polar surface area (TPSA) is 29.1 Å². The van der Waals surface area contributed by atoms with Crippen molar-refractivity contribution in [3.05, 3.63) is 35.1 Å². The lowest BCUT2D eigenvalue weighted by Gasteiger charge is -2.04. The summed E-state index contributed by atoms with van der Waals surface area (Å²) in [6.07, 6.45) is 0.608. The first kappa shape index (κ1) is 12.3. The molecule has 0 saturated carbocycles. The highest BCUT2D eigenvalue weighted by Gasteiger charge is 2.06. The lowest BCUT2D eigenvalue weighted by atomic mass is 10.1. The van der Waals surface area contributed by atoms with E-state index in [0.29, 0.717) is 18.5 Å². The molecule has 0 aliphatic heterocycles. The van der Waals surface area contributed by atoms with Gasteiger partial charge in [-0.15, -0.1) is 11.8 Å². The standard InChI is InChI=1S/C13H14FNO/c1-3-4-5-6-15-13(16)11-7-10(2)8-12(14)9-11/h7-9H,5-6H2,1-2H3,(H,15,16). The summed E-state index contributed by atoms with van der Waals surface area (Å²) in [4.78, 5) is 11.6. The zero-order valence-electron chi connectivity index (χ0n) is 9.43. The average molecular weight is 219 g/mol. The molecule has 0 fully saturated rings. The SMILES string of the molecule is CC#CCCNC(=O)c1cc(C)cc(F)c1. The Labute approximate surface area is 94.9 Å². The molecule has 0 spiro atoms. The molecule has 0 unspecified atom stereocenters. The number of halogens is 1. The number of hydrogen-bond donors (Lipinski definition) is 1. The van der Waals surface area contributed by atoms with E-state index in [1.165, 1.54) is 12.1 Å². The number of amides is 1. The van der Waals surface area contributed by atoms with E-state index >= 15 is 0 Å². The second-order valence-electron chi connectivity index (χ2n) is 3.45. The summed E-state index contributed by atoms with van der Waals surface area (Å²) in [6.45, 7) is 3.98. The highest BCUT2D eigenvalue weighted by atomic mass is 19.1. The molecule has 0 aliphatic rings. The summed E-state index contributed by atoms with van der Waals surface area (Å²) < 4.78 is 13.0. The van der Waals surface area contributed by atoms with Crippen LogP contribution in [0.15, 0.2) is 18.2 Å². The third kappa shape index (κ3) is 3.74. The van der Waals surface area contributed by atoms with Gasteiger partial charge in [-0.05, 0) is 37.6 Å². The van der Waals surface area contributed by atoms with E-state index in [9.17, 15) is 9.18 Å². The lowest BCUT2D eigenvalue weighted by Crippen LogP contribution is -2.24. The first-order valence-electron chi connectivity index (χ1n) is 5.08. The summed E-state index contributed by atoms with van der Waals surface area (Å²) in [6, 6.07) is 4.27. The van der Waals surface area contributed by atoms with Gasteiger partial charge < -0.3 is 5.32 Å². The first-order chi connectivity index (χ1) is 7.63. The summed E-state index contributed by atoms with van der Waals surface area (Å²) >= 11 is 0. The van der Waals surface area contributed by atoms with Gasteiger partial charge in [-0.25, -0.2) is 4.39 Å². The monoisotopic (exact) mass is 219 g/mol. The summed E-state index contributed by atoms with van der Waals surface area (Å²) in [5.74, 6) is 4.92. The van der Waals surface area contributed by atoms with Gasteiger partial charge in [0.15, 0.2) is 0 Å². The fraction of sp³-hybridized carbons (Fsp3) is 0.308. The summed E-state index contributed by atoms with van der Waals surface area (Å²) in [5, 5.41) is 2.68. The summed E-state index contributed by atoms with van der Waals surface area (Å²) in [7, 11) is 0. The molecule has 16 heavy (non-hydrogen) atoms. The Morgan fingerprint density at radius 2 is 2.19 bits per heavy atom. The van der Waals surface area contributed by atoms with Gasteiger partial charge in [-0.1, -0.05) is 0 Å². The van der Waals surface area contributed by atoms with Gasteiger partial charge >= 0.3 is 0 Å². The molecule has 0 radical (unpaired) electrons. The van der Waals surface area contributed by atoms with E-state index < -0.39 is 5.82 Å². The second-order valence-corrected chi connectivity index (χ2v) is 3.45. The van der Waals surface area contributed by atoms with Crippen molar-refractivity contribution in [1.82, 2.24) is 5.32 Å². The highest BCUT2D eigenvalue weighted by Crippen LogP contribution is 2.07. The third-order valence-electron chi connectivity index (χ3n) is 2.02. The van der Waals surface area contributed by atoms with E-state index in [1.807, 2.05) is 0 Å². The van der Waals surface area contributed by atoms with Gasteiger partial charge in [-0.2, -0.15) is 0 Å². The minimum atomic E-state index is -0.390. The molecule has 0 atom stereocenters. The number of aryl methyl sites for hydroxylation is 1. The Morgan fingerprint density at radius 3 is 2.81 bits per heavy atom. The molecule has 0 bridgehead atoms. The maximum absolute atomic E-state index is 13.0. The van der Waals surface area contributed by atoms with Gasteiger partial charge in [0.1, 0.15) is 5.82 Å². The van der Waals surface area contributed by atoms with Crippen LogP contribution in [-0.2, 0) is 0 Å². The lowest BCUT2D eigenvalue weighted by molar-refractivity contribution is 0.0954. The van der Waals surface area contributed by atoms with Crippen LogP contribution in [0.3, 0.4) is 0 Å². The quantitative estimate of drug-likeness (QED) is 0.613. The molecule has 0 aliphatic carbocycles. The van der Waals surface area contributed by atoms with Gasteiger partial charge in [0.2, 0.25) is 0 Å². The van der Waals surface area contributed by atoms with Crippen molar-refractivity contribution in [2.24, 2.45) is 0 Å². The normalized spacial score (nSPS) is 9.19. The van der Waals surface area contributed by atoms with Crippen LogP contribution >= 0.6 is 0 Å². The van der Waals surface area contributed by atoms with Gasteiger partial charge in [0.05, 0.1) is 0 Å². The molecular formula is C13H14FNO. The van der Waals surface area contributed by atoms with Crippen molar-refractivity contribution in [3.63, 3.8) is 0 Å². The van der Waals surface area contributed by atoms with E-state index in [0.717, 1.165) is 5.56 Å². The van der Waals surface area contributed by atoms with Gasteiger partial charge in [0.25, 0.3) is 5.91 Å². The molecule has 0 aromatic heterocycles. The zero-order valence-corrected chi connectivity index (χ0v) is 9.43. The molecule has 1 aromatic rings. The Bertz CT molecular complexity index is 423. The largest absolute Gasteiger partial charge is 0.351 e. The average Bonchev–Trinajstić information content (AvgIpc) is 2.22. The van der Waals surface area contributed by atoms with Crippen molar-refractivity contribution < 1.29 is 9.18 Å². The molecule has 84 valence electrons. The van der Waals surface area contributed by atoms with Crippen molar-refractivity contribution >= 4 is 5.91 Å². The molecule has 2 nitrogen and oxygen atoms in total. The molecule has 1 amide bonds. The fourth-order valence-electron chi connectivity index (χ4n) is 1.33. The van der Waals surface area contributed by atoms with Crippen molar-refractivity contribution in [3.8, 4) is 11.8 Å². The Balaban J connectivity index is 2.61. The number of carbonyl (C=O) groups excluding carboxylic acids is 1.